The molecule has 5 nitrogen and oxygen atoms in total. The van der Waals surface area contributed by atoms with Crippen LogP contribution in [0.5, 0.6) is 0 Å². The van der Waals surface area contributed by atoms with Gasteiger partial charge < -0.3 is 5.11 Å². The van der Waals surface area contributed by atoms with Crippen molar-refractivity contribution in [2.45, 2.75) is 19.0 Å². The molecule has 1 unspecified atom stereocenters. The fourth-order valence-corrected chi connectivity index (χ4v) is 5.23. The zero-order chi connectivity index (χ0) is 14.0. The minimum atomic E-state index is -3.11. The van der Waals surface area contributed by atoms with Gasteiger partial charge in [-0.1, -0.05) is 0 Å². The summed E-state index contributed by atoms with van der Waals surface area (Å²) >= 11 is 4.95. The van der Waals surface area contributed by atoms with E-state index in [1.807, 2.05) is 16.3 Å². The fourth-order valence-electron chi connectivity index (χ4n) is 2.16. The number of rotatable bonds is 4. The second-order valence-corrected chi connectivity index (χ2v) is 8.71. The van der Waals surface area contributed by atoms with Gasteiger partial charge in [-0.3, -0.25) is 9.69 Å². The van der Waals surface area contributed by atoms with Crippen molar-refractivity contribution < 1.29 is 18.3 Å². The van der Waals surface area contributed by atoms with Crippen molar-refractivity contribution in [3.05, 3.63) is 20.8 Å². The molecule has 19 heavy (non-hydrogen) atoms. The van der Waals surface area contributed by atoms with Crippen LogP contribution in [0.4, 0.5) is 0 Å². The molecule has 8 heteroatoms. The van der Waals surface area contributed by atoms with Gasteiger partial charge in [-0.25, -0.2) is 8.42 Å². The summed E-state index contributed by atoms with van der Waals surface area (Å²) < 4.78 is 24.2. The van der Waals surface area contributed by atoms with Gasteiger partial charge in [0.1, 0.15) is 0 Å². The normalized spacial score (nSPS) is 23.3. The van der Waals surface area contributed by atoms with E-state index in [2.05, 4.69) is 15.9 Å². The molecule has 0 saturated carbocycles. The number of thiophene rings is 1. The molecule has 1 saturated heterocycles. The summed E-state index contributed by atoms with van der Waals surface area (Å²) in [5.74, 6) is -0.916. The van der Waals surface area contributed by atoms with Crippen LogP contribution >= 0.6 is 27.3 Å². The largest absolute Gasteiger partial charge is 0.481 e. The van der Waals surface area contributed by atoms with Gasteiger partial charge in [0.25, 0.3) is 0 Å². The Hall–Kier alpha value is -0.440. The van der Waals surface area contributed by atoms with E-state index in [1.165, 1.54) is 0 Å². The Balaban J connectivity index is 2.10. The van der Waals surface area contributed by atoms with Gasteiger partial charge in [0.2, 0.25) is 0 Å². The average molecular weight is 368 g/mol. The summed E-state index contributed by atoms with van der Waals surface area (Å²) in [6, 6.07) is 1.54. The van der Waals surface area contributed by atoms with Gasteiger partial charge in [0.05, 0.1) is 17.9 Å². The van der Waals surface area contributed by atoms with Crippen molar-refractivity contribution in [2.75, 3.05) is 18.1 Å². The second kappa shape index (κ2) is 5.90. The number of carboxylic acid groups (broad SMARTS) is 1. The van der Waals surface area contributed by atoms with Crippen LogP contribution < -0.4 is 0 Å². The van der Waals surface area contributed by atoms with Gasteiger partial charge in [-0.2, -0.15) is 0 Å². The first-order valence-corrected chi connectivity index (χ1v) is 9.24. The lowest BCUT2D eigenvalue weighted by Crippen LogP contribution is -2.48. The number of hydrogen-bond donors (Lipinski definition) is 1. The minimum Gasteiger partial charge on any atom is -0.481 e. The summed E-state index contributed by atoms with van der Waals surface area (Å²) in [5, 5.41) is 10.9. The Kier molecular flexibility index (Phi) is 4.65. The third-order valence-corrected chi connectivity index (χ3v) is 6.42. The topological polar surface area (TPSA) is 74.7 Å². The SMILES string of the molecule is O=C(O)CC1CS(=O)(=O)CCN1Cc1cc(Br)cs1. The van der Waals surface area contributed by atoms with E-state index in [1.54, 1.807) is 11.3 Å². The van der Waals surface area contributed by atoms with Crippen LogP contribution in [-0.2, 0) is 21.2 Å². The Morgan fingerprint density at radius 2 is 2.32 bits per heavy atom. The molecule has 2 rings (SSSR count). The Labute approximate surface area is 124 Å². The molecule has 0 bridgehead atoms. The molecule has 1 aromatic heterocycles. The van der Waals surface area contributed by atoms with Gasteiger partial charge in [-0.15, -0.1) is 11.3 Å². The molecular weight excluding hydrogens is 354 g/mol. The quantitative estimate of drug-likeness (QED) is 0.874. The zero-order valence-corrected chi connectivity index (χ0v) is 13.3. The Bertz CT molecular complexity index is 569. The summed E-state index contributed by atoms with van der Waals surface area (Å²) in [6.45, 7) is 1.000. The van der Waals surface area contributed by atoms with E-state index in [0.717, 1.165) is 9.35 Å². The predicted octanol–water partition coefficient (Wildman–Crippen LogP) is 1.58. The molecule has 0 spiro atoms. The molecule has 1 N–H and O–H groups in total. The summed E-state index contributed by atoms with van der Waals surface area (Å²) in [5.41, 5.74) is 0. The second-order valence-electron chi connectivity index (χ2n) is 4.57. The van der Waals surface area contributed by atoms with Crippen LogP contribution in [0.2, 0.25) is 0 Å². The molecule has 106 valence electrons. The van der Waals surface area contributed by atoms with Crippen molar-refractivity contribution in [1.82, 2.24) is 4.90 Å². The predicted molar refractivity (Wildman–Crippen MR) is 77.1 cm³/mol. The molecule has 1 aromatic rings. The van der Waals surface area contributed by atoms with Crippen molar-refractivity contribution in [2.24, 2.45) is 0 Å². The number of nitrogens with zero attached hydrogens (tertiary/aromatic N) is 1. The maximum atomic E-state index is 11.6. The molecular formula is C11H14BrNO4S2. The number of aliphatic carboxylic acids is 1. The third-order valence-electron chi connectivity index (χ3n) is 3.04. The average Bonchev–Trinajstić information content (AvgIpc) is 2.67. The molecule has 1 fully saturated rings. The van der Waals surface area contributed by atoms with Gasteiger partial charge in [0, 0.05) is 33.9 Å². The highest BCUT2D eigenvalue weighted by atomic mass is 79.9. The van der Waals surface area contributed by atoms with Crippen molar-refractivity contribution >= 4 is 43.1 Å². The number of carbonyl (C=O) groups is 1. The monoisotopic (exact) mass is 367 g/mol. The first-order valence-electron chi connectivity index (χ1n) is 5.75. The van der Waals surface area contributed by atoms with Crippen LogP contribution in [0.1, 0.15) is 11.3 Å². The highest BCUT2D eigenvalue weighted by Gasteiger charge is 2.32. The highest BCUT2D eigenvalue weighted by Crippen LogP contribution is 2.24. The number of sulfone groups is 1. The van der Waals surface area contributed by atoms with Crippen molar-refractivity contribution in [1.29, 1.82) is 0 Å². The molecule has 1 aliphatic rings. The van der Waals surface area contributed by atoms with Gasteiger partial charge in [-0.05, 0) is 22.0 Å². The van der Waals surface area contributed by atoms with E-state index in [-0.39, 0.29) is 17.9 Å². The van der Waals surface area contributed by atoms with Crippen LogP contribution in [0.3, 0.4) is 0 Å². The summed E-state index contributed by atoms with van der Waals surface area (Å²) in [4.78, 5) is 13.9. The minimum absolute atomic E-state index is 0.0636. The van der Waals surface area contributed by atoms with E-state index < -0.39 is 21.8 Å². The third kappa shape index (κ3) is 4.27. The van der Waals surface area contributed by atoms with E-state index in [9.17, 15) is 13.2 Å². The van der Waals surface area contributed by atoms with Gasteiger partial charge in [0.15, 0.2) is 9.84 Å². The maximum absolute atomic E-state index is 11.6. The first kappa shape index (κ1) is 15.0. The Morgan fingerprint density at radius 1 is 1.58 bits per heavy atom. The molecule has 0 amide bonds. The maximum Gasteiger partial charge on any atom is 0.304 e. The van der Waals surface area contributed by atoms with Gasteiger partial charge >= 0.3 is 5.97 Å². The lowest BCUT2D eigenvalue weighted by Gasteiger charge is -2.34. The molecule has 2 heterocycles. The standard InChI is InChI=1S/C11H14BrNO4S2/c12-8-3-10(18-6-8)5-13-1-2-19(16,17)7-9(13)4-11(14)15/h3,6,9H,1-2,4-5,7H2,(H,14,15). The molecule has 0 aromatic carbocycles. The van der Waals surface area contributed by atoms with E-state index in [4.69, 9.17) is 5.11 Å². The van der Waals surface area contributed by atoms with E-state index >= 15 is 0 Å². The lowest BCUT2D eigenvalue weighted by molar-refractivity contribution is -0.138. The van der Waals surface area contributed by atoms with Crippen molar-refractivity contribution in [3.63, 3.8) is 0 Å². The van der Waals surface area contributed by atoms with E-state index in [0.29, 0.717) is 13.1 Å². The number of halogens is 1. The molecule has 0 radical (unpaired) electrons. The fraction of sp³-hybridized carbons (Fsp3) is 0.545. The first-order chi connectivity index (χ1) is 8.85. The number of carboxylic acids is 1. The molecule has 1 aliphatic heterocycles. The van der Waals surface area contributed by atoms with Crippen LogP contribution in [0.15, 0.2) is 15.9 Å². The Morgan fingerprint density at radius 3 is 2.89 bits per heavy atom. The highest BCUT2D eigenvalue weighted by molar-refractivity contribution is 9.10. The summed E-state index contributed by atoms with van der Waals surface area (Å²) in [6.07, 6.45) is -0.133. The lowest BCUT2D eigenvalue weighted by atomic mass is 10.2. The van der Waals surface area contributed by atoms with Crippen molar-refractivity contribution in [3.8, 4) is 0 Å². The summed E-state index contributed by atoms with van der Waals surface area (Å²) in [7, 11) is -3.11. The van der Waals surface area contributed by atoms with Crippen LogP contribution in [0.25, 0.3) is 0 Å². The molecule has 1 atom stereocenters. The zero-order valence-electron chi connectivity index (χ0n) is 10.1. The number of hydrogen-bond acceptors (Lipinski definition) is 5. The smallest absolute Gasteiger partial charge is 0.304 e. The molecule has 0 aliphatic carbocycles. The van der Waals surface area contributed by atoms with Crippen LogP contribution in [0, 0.1) is 0 Å². The van der Waals surface area contributed by atoms with Crippen LogP contribution in [-0.4, -0.2) is 48.5 Å².